The predicted octanol–water partition coefficient (Wildman–Crippen LogP) is 5.81. The highest BCUT2D eigenvalue weighted by Gasteiger charge is 2.50. The van der Waals surface area contributed by atoms with E-state index in [1.165, 1.54) is 10.4 Å². The van der Waals surface area contributed by atoms with Gasteiger partial charge in [0.25, 0.3) is 8.32 Å². The zero-order chi connectivity index (χ0) is 47.8. The molecule has 0 aliphatic heterocycles. The summed E-state index contributed by atoms with van der Waals surface area (Å²) in [6.45, 7) is 21.0. The van der Waals surface area contributed by atoms with E-state index in [4.69, 9.17) is 61.3 Å². The first-order chi connectivity index (χ1) is 32.9. The quantitative estimate of drug-likeness (QED) is 0.0412. The standard InChI is InChI=1S/C51H81NO14Si/c1-5-6-21-52-47-19-17-46(18-20-47)50(53)65-44-42-63-40-38-61-36-34-59-32-30-57-28-26-55-24-22-54-23-25-56-27-29-58-31-33-60-35-37-62-39-41-64-43-45-66-67(51(2,3)4,48-13-9-7-10-14-48)49-15-11-8-12-16-49/h7-20,52H,5-6,21-45H2,1-4H3. The van der Waals surface area contributed by atoms with E-state index in [1.54, 1.807) is 12.1 Å². The normalized spacial score (nSPS) is 11.9. The summed E-state index contributed by atoms with van der Waals surface area (Å²) < 4.78 is 73.4. The molecule has 378 valence electrons. The van der Waals surface area contributed by atoms with E-state index >= 15 is 0 Å². The molecule has 0 bridgehead atoms. The van der Waals surface area contributed by atoms with Crippen molar-refractivity contribution in [2.24, 2.45) is 0 Å². The minimum absolute atomic E-state index is 0.0639. The van der Waals surface area contributed by atoms with Crippen LogP contribution >= 0.6 is 0 Å². The fourth-order valence-corrected chi connectivity index (χ4v) is 11.3. The molecule has 0 aromatic heterocycles. The van der Waals surface area contributed by atoms with E-state index in [0.29, 0.717) is 158 Å². The van der Waals surface area contributed by atoms with Gasteiger partial charge in [-0.25, -0.2) is 4.79 Å². The Kier molecular flexibility index (Phi) is 33.3. The van der Waals surface area contributed by atoms with Crippen molar-refractivity contribution in [1.82, 2.24) is 0 Å². The Morgan fingerprint density at radius 3 is 1.06 bits per heavy atom. The molecular formula is C51H81NO14Si. The number of hydrogen-bond acceptors (Lipinski definition) is 15. The maximum Gasteiger partial charge on any atom is 0.338 e. The van der Waals surface area contributed by atoms with Crippen molar-refractivity contribution in [3.63, 3.8) is 0 Å². The molecule has 1 N–H and O–H groups in total. The van der Waals surface area contributed by atoms with Crippen molar-refractivity contribution in [3.05, 3.63) is 90.5 Å². The zero-order valence-corrected chi connectivity index (χ0v) is 41.9. The number of benzene rings is 3. The summed E-state index contributed by atoms with van der Waals surface area (Å²) in [5.41, 5.74) is 1.51. The van der Waals surface area contributed by atoms with Gasteiger partial charge < -0.3 is 66.6 Å². The monoisotopic (exact) mass is 960 g/mol. The van der Waals surface area contributed by atoms with Crippen LogP contribution in [0.15, 0.2) is 84.9 Å². The van der Waals surface area contributed by atoms with Crippen LogP contribution in [0.4, 0.5) is 5.69 Å². The summed E-state index contributed by atoms with van der Waals surface area (Å²) in [6.07, 6.45) is 2.24. The molecule has 0 unspecified atom stereocenters. The SMILES string of the molecule is CCCCNc1ccc(C(=O)OCCOCCOCCOCCOCCOCCOCCOCCOCCOCCOCCOCCO[Si](c2ccccc2)(c2ccccc2)C(C)(C)C)cc1. The number of anilines is 1. The van der Waals surface area contributed by atoms with Crippen LogP contribution in [0.1, 0.15) is 50.9 Å². The summed E-state index contributed by atoms with van der Waals surface area (Å²) in [4.78, 5) is 12.2. The number of rotatable bonds is 44. The van der Waals surface area contributed by atoms with Gasteiger partial charge in [-0.1, -0.05) is 94.8 Å². The average molecular weight is 960 g/mol. The van der Waals surface area contributed by atoms with Gasteiger partial charge in [0.15, 0.2) is 0 Å². The van der Waals surface area contributed by atoms with Crippen molar-refractivity contribution in [1.29, 1.82) is 0 Å². The first-order valence-corrected chi connectivity index (χ1v) is 25.9. The van der Waals surface area contributed by atoms with Crippen LogP contribution in [-0.2, 0) is 61.3 Å². The molecule has 0 saturated carbocycles. The molecule has 0 spiro atoms. The van der Waals surface area contributed by atoms with Crippen LogP contribution in [0, 0.1) is 0 Å². The smallest absolute Gasteiger partial charge is 0.338 e. The molecule has 3 rings (SSSR count). The Hall–Kier alpha value is -3.33. The fraction of sp³-hybridized carbons (Fsp3) is 0.627. The van der Waals surface area contributed by atoms with Crippen LogP contribution in [-0.4, -0.2) is 179 Å². The Bertz CT molecular complexity index is 1550. The second kappa shape index (κ2) is 38.5. The lowest BCUT2D eigenvalue weighted by Crippen LogP contribution is -2.66. The molecule has 67 heavy (non-hydrogen) atoms. The van der Waals surface area contributed by atoms with Gasteiger partial charge in [0, 0.05) is 12.2 Å². The molecule has 0 amide bonds. The summed E-state index contributed by atoms with van der Waals surface area (Å²) in [5, 5.41) is 5.78. The van der Waals surface area contributed by atoms with Crippen molar-refractivity contribution < 1.29 is 66.1 Å². The second-order valence-electron chi connectivity index (χ2n) is 16.2. The minimum atomic E-state index is -2.55. The Labute approximate surface area is 401 Å². The summed E-state index contributed by atoms with van der Waals surface area (Å²) in [6, 6.07) is 28.6. The lowest BCUT2D eigenvalue weighted by molar-refractivity contribution is -0.0282. The second-order valence-corrected chi connectivity index (χ2v) is 20.5. The fourth-order valence-electron chi connectivity index (χ4n) is 6.73. The molecule has 0 heterocycles. The largest absolute Gasteiger partial charge is 0.460 e. The van der Waals surface area contributed by atoms with E-state index in [1.807, 2.05) is 12.1 Å². The topological polar surface area (TPSA) is 149 Å². The molecule has 16 heteroatoms. The first kappa shape index (κ1) is 58.0. The molecule has 0 radical (unpaired) electrons. The van der Waals surface area contributed by atoms with E-state index in [2.05, 4.69) is 93.7 Å². The van der Waals surface area contributed by atoms with Crippen molar-refractivity contribution >= 4 is 30.3 Å². The van der Waals surface area contributed by atoms with Gasteiger partial charge >= 0.3 is 5.97 Å². The van der Waals surface area contributed by atoms with Crippen molar-refractivity contribution in [2.45, 2.75) is 45.6 Å². The van der Waals surface area contributed by atoms with Gasteiger partial charge in [0.05, 0.1) is 158 Å². The molecule has 3 aromatic rings. The van der Waals surface area contributed by atoms with Crippen molar-refractivity contribution in [3.8, 4) is 0 Å². The molecular weight excluding hydrogens is 879 g/mol. The van der Waals surface area contributed by atoms with Gasteiger partial charge in [0.2, 0.25) is 0 Å². The van der Waals surface area contributed by atoms with Crippen LogP contribution in [0.2, 0.25) is 5.04 Å². The molecule has 0 saturated heterocycles. The number of hydrogen-bond donors (Lipinski definition) is 1. The average Bonchev–Trinajstić information content (AvgIpc) is 3.34. The number of carbonyl (C=O) groups is 1. The zero-order valence-electron chi connectivity index (χ0n) is 40.9. The van der Waals surface area contributed by atoms with Crippen LogP contribution in [0.25, 0.3) is 0 Å². The number of ether oxygens (including phenoxy) is 12. The number of unbranched alkanes of at least 4 members (excludes halogenated alkanes) is 1. The summed E-state index contributed by atoms with van der Waals surface area (Å²) >= 11 is 0. The molecule has 0 fully saturated rings. The molecule has 15 nitrogen and oxygen atoms in total. The number of carbonyl (C=O) groups excluding carboxylic acids is 1. The number of nitrogens with one attached hydrogen (secondary N) is 1. The highest BCUT2D eigenvalue weighted by molar-refractivity contribution is 6.99. The van der Waals surface area contributed by atoms with Gasteiger partial charge in [-0.05, 0) is 46.1 Å². The first-order valence-electron chi connectivity index (χ1n) is 24.0. The predicted molar refractivity (Wildman–Crippen MR) is 263 cm³/mol. The van der Waals surface area contributed by atoms with E-state index < -0.39 is 8.32 Å². The molecule has 0 aliphatic carbocycles. The van der Waals surface area contributed by atoms with Crippen LogP contribution < -0.4 is 15.7 Å². The maximum atomic E-state index is 12.2. The van der Waals surface area contributed by atoms with Crippen LogP contribution in [0.5, 0.6) is 0 Å². The van der Waals surface area contributed by atoms with E-state index in [9.17, 15) is 4.79 Å². The Balaban J connectivity index is 0.969. The minimum Gasteiger partial charge on any atom is -0.460 e. The highest BCUT2D eigenvalue weighted by Crippen LogP contribution is 2.36. The Morgan fingerprint density at radius 1 is 0.433 bits per heavy atom. The number of esters is 1. The third-order valence-electron chi connectivity index (χ3n) is 10.1. The summed E-state index contributed by atoms with van der Waals surface area (Å²) in [7, 11) is -2.55. The van der Waals surface area contributed by atoms with Crippen LogP contribution in [0.3, 0.4) is 0 Å². The van der Waals surface area contributed by atoms with Crippen molar-refractivity contribution in [2.75, 3.05) is 170 Å². The highest BCUT2D eigenvalue weighted by atomic mass is 28.4. The Morgan fingerprint density at radius 2 is 0.746 bits per heavy atom. The summed E-state index contributed by atoms with van der Waals surface area (Å²) in [5.74, 6) is -0.363. The van der Waals surface area contributed by atoms with E-state index in [0.717, 1.165) is 25.1 Å². The lowest BCUT2D eigenvalue weighted by Gasteiger charge is -2.43. The maximum absolute atomic E-state index is 12.2. The lowest BCUT2D eigenvalue weighted by atomic mass is 10.2. The van der Waals surface area contributed by atoms with Gasteiger partial charge in [0.1, 0.15) is 6.61 Å². The van der Waals surface area contributed by atoms with E-state index in [-0.39, 0.29) is 17.6 Å². The molecule has 0 atom stereocenters. The van der Waals surface area contributed by atoms with Gasteiger partial charge in [-0.2, -0.15) is 0 Å². The third kappa shape index (κ3) is 26.3. The molecule has 0 aliphatic rings. The molecule has 3 aromatic carbocycles. The third-order valence-corrected chi connectivity index (χ3v) is 15.2. The van der Waals surface area contributed by atoms with Gasteiger partial charge in [-0.15, -0.1) is 0 Å². The van der Waals surface area contributed by atoms with Gasteiger partial charge in [-0.3, -0.25) is 0 Å².